The van der Waals surface area contributed by atoms with Crippen LogP contribution in [0.4, 0.5) is 4.39 Å². The van der Waals surface area contributed by atoms with Crippen molar-refractivity contribution in [2.75, 3.05) is 13.7 Å². The van der Waals surface area contributed by atoms with Gasteiger partial charge < -0.3 is 14.7 Å². The Kier molecular flexibility index (Phi) is 6.91. The van der Waals surface area contributed by atoms with E-state index in [1.54, 1.807) is 12.1 Å². The van der Waals surface area contributed by atoms with E-state index in [9.17, 15) is 9.18 Å². The van der Waals surface area contributed by atoms with E-state index < -0.39 is 5.82 Å². The molecule has 6 heteroatoms. The van der Waals surface area contributed by atoms with Crippen molar-refractivity contribution in [3.05, 3.63) is 58.9 Å². The molecule has 0 aliphatic carbocycles. The minimum Gasteiger partial charge on any atom is -0.469 e. The molecule has 0 aliphatic heterocycles. The molecule has 0 amide bonds. The second-order valence-electron chi connectivity index (χ2n) is 5.72. The number of carbonyl (C=O) groups excluding carboxylic acids is 1. The second-order valence-corrected chi connectivity index (χ2v) is 5.72. The zero-order chi connectivity index (χ0) is 18.2. The number of esters is 1. The fraction of sp³-hybridized carbons (Fsp3) is 0.316. The molecule has 0 atom stereocenters. The first-order valence-corrected chi connectivity index (χ1v) is 8.02. The van der Waals surface area contributed by atoms with Crippen LogP contribution in [0.2, 0.25) is 0 Å². The fourth-order valence-electron chi connectivity index (χ4n) is 2.51. The Labute approximate surface area is 146 Å². The number of rotatable bonds is 8. The van der Waals surface area contributed by atoms with Gasteiger partial charge in [0.15, 0.2) is 0 Å². The van der Waals surface area contributed by atoms with Crippen LogP contribution in [0.15, 0.2) is 36.4 Å². The number of ether oxygens (including phenoxy) is 2. The van der Waals surface area contributed by atoms with E-state index in [-0.39, 0.29) is 5.97 Å². The molecule has 0 saturated heterocycles. The van der Waals surface area contributed by atoms with E-state index >= 15 is 0 Å². The third kappa shape index (κ3) is 5.85. The van der Waals surface area contributed by atoms with Gasteiger partial charge in [-0.15, -0.1) is 0 Å². The second kappa shape index (κ2) is 9.15. The van der Waals surface area contributed by atoms with Gasteiger partial charge in [-0.1, -0.05) is 6.07 Å². The summed E-state index contributed by atoms with van der Waals surface area (Å²) in [6, 6.07) is 10.00. The van der Waals surface area contributed by atoms with Crippen molar-refractivity contribution in [2.45, 2.75) is 26.2 Å². The largest absolute Gasteiger partial charge is 0.469 e. The lowest BCUT2D eigenvalue weighted by molar-refractivity contribution is -0.140. The monoisotopic (exact) mass is 347 g/mol. The molecular weight excluding hydrogens is 325 g/mol. The molecule has 5 nitrogen and oxygen atoms in total. The maximum Gasteiger partial charge on any atom is 0.305 e. The highest BCUT2D eigenvalue weighted by Crippen LogP contribution is 2.26. The van der Waals surface area contributed by atoms with Gasteiger partial charge in [0.1, 0.15) is 17.3 Å². The maximum atomic E-state index is 13.7. The third-order valence-corrected chi connectivity index (χ3v) is 3.83. The highest BCUT2D eigenvalue weighted by molar-refractivity contribution is 5.69. The average molecular weight is 347 g/mol. The Morgan fingerprint density at radius 2 is 1.96 bits per heavy atom. The van der Waals surface area contributed by atoms with Crippen molar-refractivity contribution >= 4 is 5.97 Å². The Bertz CT molecular complexity index is 733. The third-order valence-electron chi connectivity index (χ3n) is 3.83. The van der Waals surface area contributed by atoms with Crippen LogP contribution in [-0.4, -0.2) is 24.8 Å². The van der Waals surface area contributed by atoms with E-state index in [0.29, 0.717) is 37.3 Å². The summed E-state index contributed by atoms with van der Waals surface area (Å²) in [5.74, 6) is 0.354. The normalized spacial score (nSPS) is 10.6. The lowest BCUT2D eigenvalue weighted by atomic mass is 10.0. The van der Waals surface area contributed by atoms with Gasteiger partial charge in [0, 0.05) is 19.0 Å². The lowest BCUT2D eigenvalue weighted by Gasteiger charge is -2.11. The molecule has 0 saturated carbocycles. The van der Waals surface area contributed by atoms with Gasteiger partial charge in [-0.3, -0.25) is 4.79 Å². The number of halogens is 1. The van der Waals surface area contributed by atoms with Crippen LogP contribution in [0.5, 0.6) is 11.5 Å². The molecule has 0 radical (unpaired) electrons. The van der Waals surface area contributed by atoms with Crippen molar-refractivity contribution in [1.29, 1.82) is 0 Å². The molecule has 2 aromatic carbocycles. The topological polar surface area (TPSA) is 67.8 Å². The first kappa shape index (κ1) is 18.9. The number of nitrogens with one attached hydrogen (secondary N) is 1. The van der Waals surface area contributed by atoms with Crippen LogP contribution in [0.3, 0.4) is 0 Å². The number of aryl methyl sites for hydroxylation is 2. The molecule has 2 rings (SSSR count). The molecule has 0 aromatic heterocycles. The molecule has 2 N–H and O–H groups in total. The van der Waals surface area contributed by atoms with Crippen LogP contribution >= 0.6 is 0 Å². The van der Waals surface area contributed by atoms with Crippen LogP contribution < -0.4 is 10.2 Å². The summed E-state index contributed by atoms with van der Waals surface area (Å²) in [6.45, 7) is 2.26. The van der Waals surface area contributed by atoms with Gasteiger partial charge in [-0.25, -0.2) is 9.87 Å². The first-order valence-electron chi connectivity index (χ1n) is 8.02. The molecule has 0 unspecified atom stereocenters. The Balaban J connectivity index is 2.08. The van der Waals surface area contributed by atoms with Gasteiger partial charge >= 0.3 is 5.97 Å². The standard InChI is InChI=1S/C19H22FNO4/c1-13-9-17(5-3-15(13)4-6-19(22)24-2)25-18-11-14(7-8-21-23)10-16(20)12-18/h3,5,9-12,21,23H,4,6-8H2,1-2H3. The van der Waals surface area contributed by atoms with E-state index in [0.717, 1.165) is 16.7 Å². The Morgan fingerprint density at radius 1 is 1.16 bits per heavy atom. The zero-order valence-corrected chi connectivity index (χ0v) is 14.3. The van der Waals surface area contributed by atoms with Crippen LogP contribution in [0, 0.1) is 12.7 Å². The van der Waals surface area contributed by atoms with Gasteiger partial charge in [0.2, 0.25) is 0 Å². The summed E-state index contributed by atoms with van der Waals surface area (Å²) in [5.41, 5.74) is 4.79. The maximum absolute atomic E-state index is 13.7. The summed E-state index contributed by atoms with van der Waals surface area (Å²) in [6.07, 6.45) is 1.40. The Hall–Kier alpha value is -2.44. The van der Waals surface area contributed by atoms with Crippen molar-refractivity contribution in [1.82, 2.24) is 5.48 Å². The zero-order valence-electron chi connectivity index (χ0n) is 14.3. The number of methoxy groups -OCH3 is 1. The highest BCUT2D eigenvalue weighted by atomic mass is 19.1. The summed E-state index contributed by atoms with van der Waals surface area (Å²) >= 11 is 0. The van der Waals surface area contributed by atoms with Crippen LogP contribution in [-0.2, 0) is 22.4 Å². The van der Waals surface area contributed by atoms with Gasteiger partial charge in [-0.2, -0.15) is 0 Å². The smallest absolute Gasteiger partial charge is 0.305 e. The summed E-state index contributed by atoms with van der Waals surface area (Å²) in [5, 5.41) is 8.65. The number of benzene rings is 2. The Morgan fingerprint density at radius 3 is 2.64 bits per heavy atom. The van der Waals surface area contributed by atoms with E-state index in [2.05, 4.69) is 4.74 Å². The van der Waals surface area contributed by atoms with E-state index in [1.165, 1.54) is 19.2 Å². The van der Waals surface area contributed by atoms with Gasteiger partial charge in [0.05, 0.1) is 7.11 Å². The molecule has 0 bridgehead atoms. The molecule has 0 fully saturated rings. The van der Waals surface area contributed by atoms with E-state index in [4.69, 9.17) is 9.94 Å². The predicted molar refractivity (Wildman–Crippen MR) is 91.5 cm³/mol. The predicted octanol–water partition coefficient (Wildman–Crippen LogP) is 3.55. The molecule has 0 aliphatic rings. The van der Waals surface area contributed by atoms with Gasteiger partial charge in [-0.05, 0) is 60.7 Å². The van der Waals surface area contributed by atoms with Crippen molar-refractivity contribution < 1.29 is 23.9 Å². The first-order chi connectivity index (χ1) is 12.0. The minimum absolute atomic E-state index is 0.246. The molecular formula is C19H22FNO4. The van der Waals surface area contributed by atoms with Gasteiger partial charge in [0.25, 0.3) is 0 Å². The summed E-state index contributed by atoms with van der Waals surface area (Å²) < 4.78 is 24.1. The number of hydroxylamine groups is 1. The average Bonchev–Trinajstić information content (AvgIpc) is 2.58. The summed E-state index contributed by atoms with van der Waals surface area (Å²) in [7, 11) is 1.37. The minimum atomic E-state index is -0.392. The molecule has 134 valence electrons. The molecule has 25 heavy (non-hydrogen) atoms. The lowest BCUT2D eigenvalue weighted by Crippen LogP contribution is -2.11. The number of hydrogen-bond acceptors (Lipinski definition) is 5. The van der Waals surface area contributed by atoms with Crippen LogP contribution in [0.25, 0.3) is 0 Å². The quantitative estimate of drug-likeness (QED) is 0.565. The molecule has 0 heterocycles. The van der Waals surface area contributed by atoms with Crippen molar-refractivity contribution in [3.8, 4) is 11.5 Å². The molecule has 2 aromatic rings. The number of carbonyl (C=O) groups is 1. The van der Waals surface area contributed by atoms with Crippen molar-refractivity contribution in [3.63, 3.8) is 0 Å². The number of hydrogen-bond donors (Lipinski definition) is 2. The fourth-order valence-corrected chi connectivity index (χ4v) is 2.51. The van der Waals surface area contributed by atoms with Crippen LogP contribution in [0.1, 0.15) is 23.1 Å². The summed E-state index contributed by atoms with van der Waals surface area (Å²) in [4.78, 5) is 11.2. The van der Waals surface area contributed by atoms with E-state index in [1.807, 2.05) is 24.5 Å². The SMILES string of the molecule is COC(=O)CCc1ccc(Oc2cc(F)cc(CCNO)c2)cc1C. The highest BCUT2D eigenvalue weighted by Gasteiger charge is 2.07. The molecule has 0 spiro atoms. The van der Waals surface area contributed by atoms with Crippen molar-refractivity contribution in [2.24, 2.45) is 0 Å².